The van der Waals surface area contributed by atoms with Crippen LogP contribution >= 0.6 is 0 Å². The van der Waals surface area contributed by atoms with Crippen LogP contribution in [0.25, 0.3) is 0 Å². The lowest BCUT2D eigenvalue weighted by Gasteiger charge is -2.39. The second kappa shape index (κ2) is 8.78. The summed E-state index contributed by atoms with van der Waals surface area (Å²) in [4.78, 5) is 20.7. The number of methoxy groups -OCH3 is 1. The number of nitriles is 1. The molecular formula is C22H32N4O4. The summed E-state index contributed by atoms with van der Waals surface area (Å²) in [5.74, 6) is 0.423. The molecule has 0 radical (unpaired) electrons. The van der Waals surface area contributed by atoms with Gasteiger partial charge in [0.15, 0.2) is 0 Å². The third-order valence-corrected chi connectivity index (χ3v) is 6.01. The van der Waals surface area contributed by atoms with E-state index in [1.165, 1.54) is 13.3 Å². The molecule has 0 saturated carbocycles. The molecule has 0 bridgehead atoms. The Labute approximate surface area is 178 Å². The van der Waals surface area contributed by atoms with Gasteiger partial charge in [-0.25, -0.2) is 4.79 Å². The fourth-order valence-corrected chi connectivity index (χ4v) is 4.26. The number of hydrogen-bond donors (Lipinski definition) is 1. The number of piperidine rings is 1. The highest BCUT2D eigenvalue weighted by Gasteiger charge is 2.43. The third-order valence-electron chi connectivity index (χ3n) is 6.01. The number of nitrogens with zero attached hydrogens (tertiary/aromatic N) is 4. The Morgan fingerprint density at radius 1 is 1.33 bits per heavy atom. The molecule has 1 N–H and O–H groups in total. The van der Waals surface area contributed by atoms with Crippen LogP contribution in [0.15, 0.2) is 12.3 Å². The maximum Gasteiger partial charge on any atom is 0.410 e. The first-order valence-electron chi connectivity index (χ1n) is 10.5. The molecule has 30 heavy (non-hydrogen) atoms. The topological polar surface area (TPSA) is 98.9 Å². The summed E-state index contributed by atoms with van der Waals surface area (Å²) in [6, 6.07) is 3.66. The van der Waals surface area contributed by atoms with Crippen molar-refractivity contribution in [2.75, 3.05) is 39.8 Å². The summed E-state index contributed by atoms with van der Waals surface area (Å²) in [5, 5.41) is 19.7. The number of hydrogen-bond acceptors (Lipinski definition) is 7. The Kier molecular flexibility index (Phi) is 6.53. The molecule has 0 aliphatic carbocycles. The molecule has 1 unspecified atom stereocenters. The number of β-amino-alcohol motifs (C(OH)–C–C–N with tert-alkyl or cyclic N) is 1. The van der Waals surface area contributed by atoms with Crippen LogP contribution in [-0.2, 0) is 4.74 Å². The quantitative estimate of drug-likeness (QED) is 0.806. The fourth-order valence-electron chi connectivity index (χ4n) is 4.26. The van der Waals surface area contributed by atoms with Gasteiger partial charge in [0.25, 0.3) is 0 Å². The predicted octanol–water partition coefficient (Wildman–Crippen LogP) is 2.72. The minimum atomic E-state index is -0.748. The lowest BCUT2D eigenvalue weighted by atomic mass is 9.77. The average Bonchev–Trinajstić information content (AvgIpc) is 3.12. The van der Waals surface area contributed by atoms with E-state index in [0.29, 0.717) is 23.6 Å². The highest BCUT2D eigenvalue weighted by atomic mass is 16.6. The van der Waals surface area contributed by atoms with Crippen LogP contribution < -0.4 is 4.74 Å². The Bertz CT molecular complexity index is 806. The van der Waals surface area contributed by atoms with Gasteiger partial charge in [-0.15, -0.1) is 0 Å². The fraction of sp³-hybridized carbons (Fsp3) is 0.682. The molecule has 1 aromatic rings. The molecule has 1 atom stereocenters. The normalized spacial score (nSPS) is 20.1. The van der Waals surface area contributed by atoms with Gasteiger partial charge in [-0.3, -0.25) is 4.98 Å². The largest absolute Gasteiger partial charge is 0.495 e. The Balaban J connectivity index is 1.52. The molecule has 3 rings (SSSR count). The number of pyridine rings is 1. The van der Waals surface area contributed by atoms with E-state index in [2.05, 4.69) is 9.88 Å². The lowest BCUT2D eigenvalue weighted by molar-refractivity contribution is 0.0229. The second-order valence-electron chi connectivity index (χ2n) is 9.39. The second-order valence-corrected chi connectivity index (χ2v) is 9.39. The number of carbonyl (C=O) groups excluding carboxylic acids is 1. The van der Waals surface area contributed by atoms with Crippen molar-refractivity contribution in [3.63, 3.8) is 0 Å². The highest BCUT2D eigenvalue weighted by molar-refractivity contribution is 5.68. The van der Waals surface area contributed by atoms with E-state index in [1.54, 1.807) is 6.07 Å². The highest BCUT2D eigenvalue weighted by Crippen LogP contribution is 2.41. The number of carbonyl (C=O) groups is 1. The number of rotatable bonds is 4. The minimum Gasteiger partial charge on any atom is -0.495 e. The molecule has 0 aromatic carbocycles. The van der Waals surface area contributed by atoms with Gasteiger partial charge in [-0.2, -0.15) is 5.26 Å². The third kappa shape index (κ3) is 5.21. The van der Waals surface area contributed by atoms with Crippen LogP contribution in [0.4, 0.5) is 4.79 Å². The van der Waals surface area contributed by atoms with Crippen molar-refractivity contribution >= 4 is 6.09 Å². The van der Waals surface area contributed by atoms with Crippen LogP contribution in [0.1, 0.15) is 57.4 Å². The molecule has 1 amide bonds. The number of aromatic nitrogens is 1. The van der Waals surface area contributed by atoms with Crippen LogP contribution in [0, 0.1) is 16.7 Å². The SMILES string of the molecule is COc1cc(C(O)CN2CCC3(CC2)CCN(C(=O)OC(C)(C)C)C3)ncc1C#N. The first-order chi connectivity index (χ1) is 14.1. The van der Waals surface area contributed by atoms with E-state index in [4.69, 9.17) is 14.7 Å². The monoisotopic (exact) mass is 416 g/mol. The first kappa shape index (κ1) is 22.3. The standard InChI is InChI=1S/C22H32N4O4/c1-21(2,3)30-20(28)26-10-7-22(15-26)5-8-25(9-6-22)14-18(27)17-11-19(29-4)16(12-23)13-24-17/h11,13,18,27H,5-10,14-15H2,1-4H3. The van der Waals surface area contributed by atoms with Gasteiger partial charge in [-0.1, -0.05) is 0 Å². The van der Waals surface area contributed by atoms with E-state index in [9.17, 15) is 9.90 Å². The van der Waals surface area contributed by atoms with Crippen LogP contribution in [0.3, 0.4) is 0 Å². The van der Waals surface area contributed by atoms with Gasteiger partial charge < -0.3 is 24.4 Å². The molecule has 2 fully saturated rings. The number of amides is 1. The zero-order valence-corrected chi connectivity index (χ0v) is 18.3. The lowest BCUT2D eigenvalue weighted by Crippen LogP contribution is -2.44. The van der Waals surface area contributed by atoms with Crippen molar-refractivity contribution in [1.82, 2.24) is 14.8 Å². The first-order valence-corrected chi connectivity index (χ1v) is 10.5. The maximum absolute atomic E-state index is 12.4. The van der Waals surface area contributed by atoms with E-state index >= 15 is 0 Å². The summed E-state index contributed by atoms with van der Waals surface area (Å²) in [6.07, 6.45) is 3.44. The summed E-state index contributed by atoms with van der Waals surface area (Å²) >= 11 is 0. The molecule has 164 valence electrons. The zero-order valence-electron chi connectivity index (χ0n) is 18.3. The van der Waals surface area contributed by atoms with E-state index in [1.807, 2.05) is 31.7 Å². The minimum absolute atomic E-state index is 0.147. The van der Waals surface area contributed by atoms with Gasteiger partial charge >= 0.3 is 6.09 Å². The number of likely N-dealkylation sites (tertiary alicyclic amines) is 2. The molecule has 8 heteroatoms. The zero-order chi connectivity index (χ0) is 21.9. The average molecular weight is 417 g/mol. The van der Waals surface area contributed by atoms with Gasteiger partial charge in [0.05, 0.1) is 12.8 Å². The number of aliphatic hydroxyl groups is 1. The van der Waals surface area contributed by atoms with Crippen molar-refractivity contribution in [3.8, 4) is 11.8 Å². The van der Waals surface area contributed by atoms with Crippen molar-refractivity contribution in [2.24, 2.45) is 5.41 Å². The molecule has 2 saturated heterocycles. The summed E-state index contributed by atoms with van der Waals surface area (Å²) in [6.45, 7) is 9.36. The number of aliphatic hydroxyl groups excluding tert-OH is 1. The predicted molar refractivity (Wildman–Crippen MR) is 111 cm³/mol. The van der Waals surface area contributed by atoms with Crippen LogP contribution in [0.2, 0.25) is 0 Å². The Hall–Kier alpha value is -2.37. The summed E-state index contributed by atoms with van der Waals surface area (Å²) in [7, 11) is 1.50. The Morgan fingerprint density at radius 3 is 2.60 bits per heavy atom. The van der Waals surface area contributed by atoms with Crippen molar-refractivity contribution in [2.45, 2.75) is 51.7 Å². The van der Waals surface area contributed by atoms with Gasteiger partial charge in [0.1, 0.15) is 29.1 Å². The van der Waals surface area contributed by atoms with Gasteiger partial charge in [-0.05, 0) is 58.5 Å². The van der Waals surface area contributed by atoms with Crippen LogP contribution in [-0.4, -0.2) is 71.4 Å². The molecule has 2 aliphatic rings. The van der Waals surface area contributed by atoms with Crippen LogP contribution in [0.5, 0.6) is 5.75 Å². The van der Waals surface area contributed by atoms with Gasteiger partial charge in [0, 0.05) is 31.9 Å². The summed E-state index contributed by atoms with van der Waals surface area (Å²) in [5.41, 5.74) is 0.523. The van der Waals surface area contributed by atoms with E-state index in [0.717, 1.165) is 45.4 Å². The Morgan fingerprint density at radius 2 is 2.00 bits per heavy atom. The molecule has 8 nitrogen and oxygen atoms in total. The molecular weight excluding hydrogens is 384 g/mol. The smallest absolute Gasteiger partial charge is 0.410 e. The maximum atomic E-state index is 12.4. The van der Waals surface area contributed by atoms with Gasteiger partial charge in [0.2, 0.25) is 0 Å². The molecule has 1 spiro atoms. The van der Waals surface area contributed by atoms with Crippen molar-refractivity contribution < 1.29 is 19.4 Å². The molecule has 2 aliphatic heterocycles. The van der Waals surface area contributed by atoms with E-state index in [-0.39, 0.29) is 11.5 Å². The van der Waals surface area contributed by atoms with E-state index < -0.39 is 11.7 Å². The summed E-state index contributed by atoms with van der Waals surface area (Å²) < 4.78 is 10.7. The van der Waals surface area contributed by atoms with Crippen molar-refractivity contribution in [1.29, 1.82) is 5.26 Å². The number of ether oxygens (including phenoxy) is 2. The van der Waals surface area contributed by atoms with Crippen molar-refractivity contribution in [3.05, 3.63) is 23.5 Å². The molecule has 1 aromatic heterocycles. The molecule has 3 heterocycles.